The second-order valence-corrected chi connectivity index (χ2v) is 9.69. The summed E-state index contributed by atoms with van der Waals surface area (Å²) in [4.78, 5) is 40.5. The summed E-state index contributed by atoms with van der Waals surface area (Å²) in [5.41, 5.74) is 0.518. The molecule has 5 unspecified atom stereocenters. The van der Waals surface area contributed by atoms with E-state index in [9.17, 15) is 27.6 Å². The van der Waals surface area contributed by atoms with Gasteiger partial charge in [-0.15, -0.1) is 10.2 Å². The minimum absolute atomic E-state index is 0.00308. The third-order valence-electron chi connectivity index (χ3n) is 6.36. The maximum atomic E-state index is 13.3. The highest BCUT2D eigenvalue weighted by Gasteiger charge is 2.60. The minimum atomic E-state index is -4.67. The molecule has 0 spiro atoms. The van der Waals surface area contributed by atoms with E-state index in [0.29, 0.717) is 10.6 Å². The number of amides is 3. The summed E-state index contributed by atoms with van der Waals surface area (Å²) < 4.78 is 38.3. The number of hydrogen-bond acceptors (Lipinski definition) is 6. The van der Waals surface area contributed by atoms with E-state index in [1.807, 2.05) is 12.2 Å². The number of nitrogens with one attached hydrogen (secondary N) is 1. The standard InChI is InChI=1S/C21H16ClF3N4O3S/c22-12-5-3-9(4-6-12)13(8-14(30)26-20-28-27-19(33-20)21(23,24)25)29-17(31)15-10-1-2-11(7-10)16(15)18(29)32/h1-6,10-11,13,15-16H,7-8H2,(H,26,28,30). The molecule has 7 nitrogen and oxygen atoms in total. The van der Waals surface area contributed by atoms with Crippen LogP contribution in [0.1, 0.15) is 29.5 Å². The molecule has 2 aromatic rings. The van der Waals surface area contributed by atoms with Gasteiger partial charge in [-0.1, -0.05) is 47.2 Å². The lowest BCUT2D eigenvalue weighted by molar-refractivity contribution is -0.144. The van der Waals surface area contributed by atoms with Crippen LogP contribution >= 0.6 is 22.9 Å². The number of halogens is 4. The number of rotatable bonds is 5. The molecule has 1 aromatic carbocycles. The highest BCUT2D eigenvalue weighted by atomic mass is 35.5. The van der Waals surface area contributed by atoms with Gasteiger partial charge >= 0.3 is 6.18 Å². The van der Waals surface area contributed by atoms with Gasteiger partial charge in [0.2, 0.25) is 27.9 Å². The lowest BCUT2D eigenvalue weighted by Gasteiger charge is -2.28. The van der Waals surface area contributed by atoms with Crippen molar-refractivity contribution < 1.29 is 27.6 Å². The molecule has 1 saturated carbocycles. The number of carbonyl (C=O) groups excluding carboxylic acids is 3. The highest BCUT2D eigenvalue weighted by molar-refractivity contribution is 7.15. The molecule has 5 rings (SSSR count). The summed E-state index contributed by atoms with van der Waals surface area (Å²) in [5, 5.41) is 7.63. The van der Waals surface area contributed by atoms with Crippen LogP contribution in [-0.4, -0.2) is 32.8 Å². The Kier molecular flexibility index (Phi) is 5.28. The molecule has 2 bridgehead atoms. The lowest BCUT2D eigenvalue weighted by Crippen LogP contribution is -2.38. The molecule has 5 atom stereocenters. The number of aromatic nitrogens is 2. The van der Waals surface area contributed by atoms with Gasteiger partial charge in [-0.25, -0.2) is 0 Å². The van der Waals surface area contributed by atoms with E-state index < -0.39 is 35.0 Å². The highest BCUT2D eigenvalue weighted by Crippen LogP contribution is 2.54. The van der Waals surface area contributed by atoms with Crippen LogP contribution in [0.3, 0.4) is 0 Å². The third kappa shape index (κ3) is 3.82. The first-order valence-electron chi connectivity index (χ1n) is 10.1. The smallest absolute Gasteiger partial charge is 0.300 e. The van der Waals surface area contributed by atoms with Gasteiger partial charge in [0.05, 0.1) is 24.3 Å². The van der Waals surface area contributed by atoms with Gasteiger partial charge in [0.1, 0.15) is 0 Å². The largest absolute Gasteiger partial charge is 0.445 e. The van der Waals surface area contributed by atoms with Gasteiger partial charge in [0.15, 0.2) is 0 Å². The van der Waals surface area contributed by atoms with E-state index >= 15 is 0 Å². The fourth-order valence-corrected chi connectivity index (χ4v) is 5.76. The van der Waals surface area contributed by atoms with Crippen molar-refractivity contribution in [2.75, 3.05) is 5.32 Å². The fraction of sp³-hybridized carbons (Fsp3) is 0.381. The summed E-state index contributed by atoms with van der Waals surface area (Å²) in [6, 6.07) is 5.48. The summed E-state index contributed by atoms with van der Waals surface area (Å²) >= 11 is 6.17. The van der Waals surface area contributed by atoms with E-state index in [0.717, 1.165) is 11.3 Å². The molecule has 0 radical (unpaired) electrons. The molecule has 1 saturated heterocycles. The first kappa shape index (κ1) is 22.0. The molecule has 2 heterocycles. The minimum Gasteiger partial charge on any atom is -0.300 e. The average Bonchev–Trinajstić information content (AvgIpc) is 3.52. The van der Waals surface area contributed by atoms with Crippen molar-refractivity contribution in [3.8, 4) is 0 Å². The second kappa shape index (κ2) is 7.91. The molecule has 1 aliphatic heterocycles. The van der Waals surface area contributed by atoms with Crippen molar-refractivity contribution >= 4 is 45.8 Å². The van der Waals surface area contributed by atoms with Crippen LogP contribution in [0.25, 0.3) is 0 Å². The van der Waals surface area contributed by atoms with Crippen LogP contribution < -0.4 is 5.32 Å². The zero-order chi connectivity index (χ0) is 23.5. The zero-order valence-corrected chi connectivity index (χ0v) is 18.3. The molecule has 2 fully saturated rings. The van der Waals surface area contributed by atoms with Gasteiger partial charge in [0.25, 0.3) is 0 Å². The number of carbonyl (C=O) groups is 3. The van der Waals surface area contributed by atoms with Gasteiger partial charge in [-0.3, -0.25) is 19.3 Å². The van der Waals surface area contributed by atoms with Crippen LogP contribution in [0.2, 0.25) is 5.02 Å². The Balaban J connectivity index is 1.41. The van der Waals surface area contributed by atoms with Crippen molar-refractivity contribution in [1.29, 1.82) is 0 Å². The van der Waals surface area contributed by atoms with E-state index in [4.69, 9.17) is 11.6 Å². The number of alkyl halides is 3. The van der Waals surface area contributed by atoms with E-state index in [1.165, 1.54) is 0 Å². The molecule has 33 heavy (non-hydrogen) atoms. The molecule has 1 N–H and O–H groups in total. The Morgan fingerprint density at radius 2 is 1.73 bits per heavy atom. The lowest BCUT2D eigenvalue weighted by atomic mass is 9.85. The molecular formula is C21H16ClF3N4O3S. The van der Waals surface area contributed by atoms with Crippen LogP contribution in [0.4, 0.5) is 18.3 Å². The number of imide groups is 1. The Hall–Kier alpha value is -2.79. The van der Waals surface area contributed by atoms with Crippen LogP contribution in [-0.2, 0) is 20.6 Å². The van der Waals surface area contributed by atoms with E-state index in [-0.39, 0.29) is 46.5 Å². The first-order valence-corrected chi connectivity index (χ1v) is 11.3. The number of anilines is 1. The monoisotopic (exact) mass is 496 g/mol. The van der Waals surface area contributed by atoms with Crippen molar-refractivity contribution in [3.63, 3.8) is 0 Å². The van der Waals surface area contributed by atoms with E-state index in [1.54, 1.807) is 24.3 Å². The summed E-state index contributed by atoms with van der Waals surface area (Å²) in [5.74, 6) is -2.23. The SMILES string of the molecule is O=C(CC(c1ccc(Cl)cc1)N1C(=O)C2C3C=CC(C3)C2C1=O)Nc1nnc(C(F)(F)F)s1. The molecule has 2 aliphatic carbocycles. The molecule has 172 valence electrons. The van der Waals surface area contributed by atoms with Crippen molar-refractivity contribution in [3.05, 3.63) is 52.0 Å². The number of fused-ring (bicyclic) bond motifs is 5. The molecular weight excluding hydrogens is 481 g/mol. The number of nitrogens with zero attached hydrogens (tertiary/aromatic N) is 3. The maximum absolute atomic E-state index is 13.3. The summed E-state index contributed by atoms with van der Waals surface area (Å²) in [6.07, 6.45) is -0.309. The van der Waals surface area contributed by atoms with Crippen LogP contribution in [0.5, 0.6) is 0 Å². The van der Waals surface area contributed by atoms with Crippen LogP contribution in [0.15, 0.2) is 36.4 Å². The third-order valence-corrected chi connectivity index (χ3v) is 7.50. The predicted octanol–water partition coefficient (Wildman–Crippen LogP) is 4.09. The van der Waals surface area contributed by atoms with Gasteiger partial charge < -0.3 is 5.32 Å². The molecule has 12 heteroatoms. The maximum Gasteiger partial charge on any atom is 0.445 e. The van der Waals surface area contributed by atoms with Crippen molar-refractivity contribution in [2.45, 2.75) is 25.1 Å². The number of likely N-dealkylation sites (tertiary alicyclic amines) is 1. The van der Waals surface area contributed by atoms with Crippen molar-refractivity contribution in [2.24, 2.45) is 23.7 Å². The number of allylic oxidation sites excluding steroid dienone is 2. The molecule has 1 aromatic heterocycles. The first-order chi connectivity index (χ1) is 15.6. The summed E-state index contributed by atoms with van der Waals surface area (Å²) in [7, 11) is 0. The number of hydrogen-bond donors (Lipinski definition) is 1. The average molecular weight is 497 g/mol. The number of benzene rings is 1. The molecule has 3 aliphatic rings. The quantitative estimate of drug-likeness (QED) is 0.497. The predicted molar refractivity (Wildman–Crippen MR) is 112 cm³/mol. The van der Waals surface area contributed by atoms with Gasteiger partial charge in [-0.05, 0) is 36.0 Å². The van der Waals surface area contributed by atoms with E-state index in [2.05, 4.69) is 15.5 Å². The Bertz CT molecular complexity index is 1140. The zero-order valence-electron chi connectivity index (χ0n) is 16.8. The Morgan fingerprint density at radius 3 is 2.27 bits per heavy atom. The molecule has 3 amide bonds. The Labute approximate surface area is 194 Å². The van der Waals surface area contributed by atoms with Gasteiger partial charge in [0, 0.05) is 5.02 Å². The van der Waals surface area contributed by atoms with Gasteiger partial charge in [-0.2, -0.15) is 13.2 Å². The Morgan fingerprint density at radius 1 is 1.12 bits per heavy atom. The summed E-state index contributed by atoms with van der Waals surface area (Å²) in [6.45, 7) is 0. The van der Waals surface area contributed by atoms with Crippen molar-refractivity contribution in [1.82, 2.24) is 15.1 Å². The topological polar surface area (TPSA) is 92.3 Å². The fourth-order valence-electron chi connectivity index (χ4n) is 5.01. The van der Waals surface area contributed by atoms with Crippen LogP contribution in [0, 0.1) is 23.7 Å². The normalized spacial score (nSPS) is 26.7. The second-order valence-electron chi connectivity index (χ2n) is 8.28.